The molecule has 0 spiro atoms. The molecule has 0 radical (unpaired) electrons. The lowest BCUT2D eigenvalue weighted by Gasteiger charge is -2.66. The number of halogens is 3. The van der Waals surface area contributed by atoms with E-state index < -0.39 is 24.0 Å². The first kappa shape index (κ1) is 31.1. The van der Waals surface area contributed by atoms with Gasteiger partial charge in [0.2, 0.25) is 5.91 Å². The summed E-state index contributed by atoms with van der Waals surface area (Å²) in [4.78, 5) is 27.8. The first-order valence-electron chi connectivity index (χ1n) is 14.7. The summed E-state index contributed by atoms with van der Waals surface area (Å²) in [7, 11) is 0. The molecule has 0 aromatic heterocycles. The maximum Gasteiger partial charge on any atom is 0.405 e. The standard InChI is InChI=1S/C31H45F3N2O3.CH4/c1-26(2)13-14-30(25(38)35-17-31(32,33)34)12-7-18-24(19(30)16-26)20(37)15-22-28(18,5)10-8-21-27(3,4)23(36-39)9-11-29(21,22)6;/h15,18-19,21,24,39H,7-14,16-17H2,1-6H3,(H,35,38);1H4/b36-23+;. The molecule has 0 saturated heterocycles. The highest BCUT2D eigenvalue weighted by Crippen LogP contribution is 2.71. The number of rotatable bonds is 2. The van der Waals surface area contributed by atoms with Crippen LogP contribution >= 0.6 is 0 Å². The third kappa shape index (κ3) is 4.45. The molecule has 0 bridgehead atoms. The number of nitrogens with zero attached hydrogens (tertiary/aromatic N) is 1. The van der Waals surface area contributed by atoms with Gasteiger partial charge in [0.05, 0.1) is 11.1 Å². The Balaban J connectivity index is 0.00000370. The second-order valence-electron chi connectivity index (χ2n) is 15.3. The number of alkyl halides is 3. The van der Waals surface area contributed by atoms with Gasteiger partial charge in [0, 0.05) is 11.3 Å². The van der Waals surface area contributed by atoms with E-state index in [9.17, 15) is 28.0 Å². The molecule has 226 valence electrons. The molecule has 8 heteroatoms. The predicted molar refractivity (Wildman–Crippen MR) is 150 cm³/mol. The minimum absolute atomic E-state index is 0. The number of hydrogen-bond acceptors (Lipinski definition) is 4. The van der Waals surface area contributed by atoms with Gasteiger partial charge >= 0.3 is 6.18 Å². The Morgan fingerprint density at radius 1 is 1.00 bits per heavy atom. The summed E-state index contributed by atoms with van der Waals surface area (Å²) in [6.07, 6.45) is 3.97. The van der Waals surface area contributed by atoms with Crippen LogP contribution in [0.15, 0.2) is 16.8 Å². The Morgan fingerprint density at radius 2 is 1.68 bits per heavy atom. The molecule has 0 heterocycles. The van der Waals surface area contributed by atoms with Crippen molar-refractivity contribution >= 4 is 17.4 Å². The van der Waals surface area contributed by atoms with Gasteiger partial charge in [-0.15, -0.1) is 0 Å². The Bertz CT molecular complexity index is 1120. The highest BCUT2D eigenvalue weighted by molar-refractivity contribution is 5.96. The quantitative estimate of drug-likeness (QED) is 0.265. The summed E-state index contributed by atoms with van der Waals surface area (Å²) >= 11 is 0. The largest absolute Gasteiger partial charge is 0.411 e. The van der Waals surface area contributed by atoms with Gasteiger partial charge in [-0.1, -0.05) is 59.7 Å². The average molecular weight is 567 g/mol. The second kappa shape index (κ2) is 9.58. The number of ketones is 1. The number of amides is 1. The van der Waals surface area contributed by atoms with Gasteiger partial charge in [-0.25, -0.2) is 0 Å². The maximum absolute atomic E-state index is 14.2. The van der Waals surface area contributed by atoms with Crippen molar-refractivity contribution < 1.29 is 28.0 Å². The lowest BCUT2D eigenvalue weighted by atomic mass is 9.38. The van der Waals surface area contributed by atoms with E-state index in [0.29, 0.717) is 32.1 Å². The molecule has 0 aromatic rings. The van der Waals surface area contributed by atoms with Crippen LogP contribution in [0, 0.1) is 50.7 Å². The third-order valence-corrected chi connectivity index (χ3v) is 12.4. The van der Waals surface area contributed by atoms with Crippen molar-refractivity contribution in [2.75, 3.05) is 6.54 Å². The summed E-state index contributed by atoms with van der Waals surface area (Å²) in [6.45, 7) is 11.9. The van der Waals surface area contributed by atoms with Crippen LogP contribution in [0.2, 0.25) is 0 Å². The fraction of sp³-hybridized carbons (Fsp3) is 0.844. The lowest BCUT2D eigenvalue weighted by molar-refractivity contribution is -0.167. The van der Waals surface area contributed by atoms with E-state index >= 15 is 0 Å². The highest BCUT2D eigenvalue weighted by atomic mass is 19.4. The van der Waals surface area contributed by atoms with Crippen LogP contribution in [0.25, 0.3) is 0 Å². The Morgan fingerprint density at radius 3 is 2.30 bits per heavy atom. The SMILES string of the molecule is C.CC1(C)CCC2(C(=O)NCC(F)(F)F)CCC3C(C(=O)C=C4C3(C)CCC3C4(C)CC/C(=N\O)C3(C)C)C2C1. The molecule has 0 aromatic carbocycles. The monoisotopic (exact) mass is 566 g/mol. The minimum atomic E-state index is -4.47. The summed E-state index contributed by atoms with van der Waals surface area (Å²) in [5.41, 5.74) is 0.343. The molecule has 0 aliphatic heterocycles. The molecular formula is C32H49F3N2O3. The van der Waals surface area contributed by atoms with Crippen molar-refractivity contribution in [2.45, 2.75) is 113 Å². The molecule has 5 nitrogen and oxygen atoms in total. The molecule has 7 unspecified atom stereocenters. The van der Waals surface area contributed by atoms with Gasteiger partial charge in [-0.3, -0.25) is 9.59 Å². The van der Waals surface area contributed by atoms with Gasteiger partial charge in [-0.05, 0) is 97.9 Å². The molecule has 5 aliphatic carbocycles. The van der Waals surface area contributed by atoms with E-state index in [1.165, 1.54) is 5.57 Å². The van der Waals surface area contributed by atoms with Crippen LogP contribution in [-0.4, -0.2) is 35.3 Å². The number of allylic oxidation sites excluding steroid dienone is 2. The van der Waals surface area contributed by atoms with Crippen LogP contribution in [0.1, 0.15) is 107 Å². The summed E-state index contributed by atoms with van der Waals surface area (Å²) in [5, 5.41) is 15.6. The van der Waals surface area contributed by atoms with Crippen molar-refractivity contribution in [3.8, 4) is 0 Å². The van der Waals surface area contributed by atoms with Crippen LogP contribution in [0.5, 0.6) is 0 Å². The normalized spacial score (nSPS) is 42.8. The van der Waals surface area contributed by atoms with E-state index in [2.05, 4.69) is 52.0 Å². The van der Waals surface area contributed by atoms with Gasteiger partial charge in [0.25, 0.3) is 0 Å². The Kier molecular flexibility index (Phi) is 7.45. The fourth-order valence-corrected chi connectivity index (χ4v) is 10.4. The van der Waals surface area contributed by atoms with Crippen LogP contribution in [0.3, 0.4) is 0 Å². The molecule has 7 atom stereocenters. The predicted octanol–water partition coefficient (Wildman–Crippen LogP) is 7.72. The number of oxime groups is 1. The summed E-state index contributed by atoms with van der Waals surface area (Å²) in [5.74, 6) is -0.762. The van der Waals surface area contributed by atoms with E-state index in [0.717, 1.165) is 31.4 Å². The third-order valence-electron chi connectivity index (χ3n) is 12.4. The number of hydrogen-bond donors (Lipinski definition) is 2. The molecule has 5 rings (SSSR count). The minimum Gasteiger partial charge on any atom is -0.411 e. The van der Waals surface area contributed by atoms with Crippen molar-refractivity contribution in [3.63, 3.8) is 0 Å². The van der Waals surface area contributed by atoms with Gasteiger partial charge in [0.1, 0.15) is 6.54 Å². The molecule has 1 amide bonds. The van der Waals surface area contributed by atoms with Gasteiger partial charge < -0.3 is 10.5 Å². The lowest BCUT2D eigenvalue weighted by Crippen LogP contribution is -2.63. The van der Waals surface area contributed by atoms with Crippen molar-refractivity contribution in [3.05, 3.63) is 11.6 Å². The highest BCUT2D eigenvalue weighted by Gasteiger charge is 2.66. The summed E-state index contributed by atoms with van der Waals surface area (Å²) < 4.78 is 39.2. The van der Waals surface area contributed by atoms with Crippen molar-refractivity contribution in [1.82, 2.24) is 5.32 Å². The zero-order chi connectivity index (χ0) is 28.8. The number of fused-ring (bicyclic) bond motifs is 7. The van der Waals surface area contributed by atoms with Gasteiger partial charge in [-0.2, -0.15) is 13.2 Å². The zero-order valence-corrected chi connectivity index (χ0v) is 24.3. The number of nitrogens with one attached hydrogen (secondary N) is 1. The summed E-state index contributed by atoms with van der Waals surface area (Å²) in [6, 6.07) is 0. The molecule has 4 fully saturated rings. The van der Waals surface area contributed by atoms with Crippen LogP contribution < -0.4 is 5.32 Å². The maximum atomic E-state index is 14.2. The average Bonchev–Trinajstić information content (AvgIpc) is 2.82. The molecule has 2 N–H and O–H groups in total. The smallest absolute Gasteiger partial charge is 0.405 e. The van der Waals surface area contributed by atoms with Crippen molar-refractivity contribution in [2.24, 2.45) is 55.9 Å². The van der Waals surface area contributed by atoms with Crippen molar-refractivity contribution in [1.29, 1.82) is 0 Å². The Labute approximate surface area is 237 Å². The zero-order valence-electron chi connectivity index (χ0n) is 24.3. The van der Waals surface area contributed by atoms with E-state index in [-0.39, 0.29) is 58.5 Å². The van der Waals surface area contributed by atoms with Crippen LogP contribution in [-0.2, 0) is 9.59 Å². The number of carbonyl (C=O) groups excluding carboxylic acids is 2. The Hall–Kier alpha value is -1.86. The molecule has 5 aliphatic rings. The topological polar surface area (TPSA) is 78.8 Å². The van der Waals surface area contributed by atoms with E-state index in [1.54, 1.807) is 0 Å². The van der Waals surface area contributed by atoms with E-state index in [1.807, 2.05) is 6.08 Å². The van der Waals surface area contributed by atoms with Gasteiger partial charge in [0.15, 0.2) is 5.78 Å². The number of carbonyl (C=O) groups is 2. The first-order valence-corrected chi connectivity index (χ1v) is 14.7. The van der Waals surface area contributed by atoms with E-state index in [4.69, 9.17) is 0 Å². The second-order valence-corrected chi connectivity index (χ2v) is 15.3. The fourth-order valence-electron chi connectivity index (χ4n) is 10.4. The first-order chi connectivity index (χ1) is 17.9. The molecule has 40 heavy (non-hydrogen) atoms. The molecule has 4 saturated carbocycles. The van der Waals surface area contributed by atoms with Crippen LogP contribution in [0.4, 0.5) is 13.2 Å². The molecular weight excluding hydrogens is 517 g/mol.